The van der Waals surface area contributed by atoms with Gasteiger partial charge < -0.3 is 5.11 Å². The van der Waals surface area contributed by atoms with Crippen LogP contribution in [0.1, 0.15) is 29.6 Å². The molecule has 1 aromatic heterocycles. The van der Waals surface area contributed by atoms with Crippen LogP contribution in [0.2, 0.25) is 0 Å². The fraction of sp³-hybridized carbons (Fsp3) is 0.333. The zero-order valence-electron chi connectivity index (χ0n) is 9.01. The highest BCUT2D eigenvalue weighted by Gasteiger charge is 2.12. The Morgan fingerprint density at radius 2 is 2.25 bits per heavy atom. The average molecular weight is 235 g/mol. The van der Waals surface area contributed by atoms with Gasteiger partial charge in [0.25, 0.3) is 0 Å². The summed E-state index contributed by atoms with van der Waals surface area (Å²) < 4.78 is 1.03. The summed E-state index contributed by atoms with van der Waals surface area (Å²) in [4.78, 5) is 16.0. The molecule has 0 spiro atoms. The highest BCUT2D eigenvalue weighted by Crippen LogP contribution is 2.22. The second-order valence-corrected chi connectivity index (χ2v) is 4.83. The molecule has 1 atom stereocenters. The number of para-hydroxylation sites is 1. The number of nitrogens with zero attached hydrogens (tertiary/aromatic N) is 1. The van der Waals surface area contributed by atoms with Gasteiger partial charge in [0.2, 0.25) is 0 Å². The lowest BCUT2D eigenvalue weighted by molar-refractivity contribution is 0.0949. The lowest BCUT2D eigenvalue weighted by Crippen LogP contribution is -2.05. The van der Waals surface area contributed by atoms with Crippen molar-refractivity contribution in [2.45, 2.75) is 25.9 Å². The summed E-state index contributed by atoms with van der Waals surface area (Å²) in [5.74, 6) is 0.0158. The van der Waals surface area contributed by atoms with Gasteiger partial charge in [-0.05, 0) is 25.5 Å². The van der Waals surface area contributed by atoms with Crippen molar-refractivity contribution in [3.63, 3.8) is 0 Å². The van der Waals surface area contributed by atoms with Crippen molar-refractivity contribution in [1.29, 1.82) is 0 Å². The average Bonchev–Trinajstić information content (AvgIpc) is 2.69. The Balaban J connectivity index is 2.17. The lowest BCUT2D eigenvalue weighted by Gasteiger charge is -2.00. The predicted molar refractivity (Wildman–Crippen MR) is 64.9 cm³/mol. The maximum atomic E-state index is 11.8. The van der Waals surface area contributed by atoms with Crippen molar-refractivity contribution in [3.05, 3.63) is 29.3 Å². The van der Waals surface area contributed by atoms with Crippen LogP contribution < -0.4 is 0 Å². The molecule has 0 saturated carbocycles. The molecule has 0 radical (unpaired) electrons. The first-order chi connectivity index (χ1) is 7.66. The van der Waals surface area contributed by atoms with Crippen LogP contribution in [0.5, 0.6) is 0 Å². The molecule has 16 heavy (non-hydrogen) atoms. The molecule has 2 aromatic rings. The molecule has 0 amide bonds. The number of aliphatic hydroxyl groups excluding tert-OH is 1. The van der Waals surface area contributed by atoms with Crippen LogP contribution >= 0.6 is 11.3 Å². The summed E-state index contributed by atoms with van der Waals surface area (Å²) in [6.45, 7) is 1.69. The molecule has 1 heterocycles. The third-order valence-corrected chi connectivity index (χ3v) is 3.40. The van der Waals surface area contributed by atoms with Crippen molar-refractivity contribution in [3.8, 4) is 0 Å². The number of rotatable bonds is 4. The minimum atomic E-state index is -0.432. The number of Topliss-reactive ketones (excluding diaryl/α,β-unsaturated/α-hetero) is 1. The van der Waals surface area contributed by atoms with Crippen molar-refractivity contribution in [1.82, 2.24) is 4.98 Å². The lowest BCUT2D eigenvalue weighted by atomic mass is 10.1. The van der Waals surface area contributed by atoms with Crippen molar-refractivity contribution >= 4 is 27.3 Å². The van der Waals surface area contributed by atoms with Crippen LogP contribution in [0, 0.1) is 0 Å². The zero-order chi connectivity index (χ0) is 11.5. The molecule has 1 N–H and O–H groups in total. The molecule has 4 heteroatoms. The number of thiazole rings is 1. The number of benzene rings is 1. The predicted octanol–water partition coefficient (Wildman–Crippen LogP) is 2.64. The minimum Gasteiger partial charge on any atom is -0.393 e. The maximum Gasteiger partial charge on any atom is 0.191 e. The van der Waals surface area contributed by atoms with Gasteiger partial charge in [0.15, 0.2) is 10.8 Å². The van der Waals surface area contributed by atoms with Gasteiger partial charge in [0.1, 0.15) is 0 Å². The van der Waals surface area contributed by atoms with E-state index < -0.39 is 6.10 Å². The normalized spacial score (nSPS) is 12.9. The van der Waals surface area contributed by atoms with E-state index >= 15 is 0 Å². The van der Waals surface area contributed by atoms with Crippen molar-refractivity contribution in [2.24, 2.45) is 0 Å². The van der Waals surface area contributed by atoms with Crippen LogP contribution in [-0.4, -0.2) is 22.0 Å². The third-order valence-electron chi connectivity index (χ3n) is 2.32. The van der Waals surface area contributed by atoms with Gasteiger partial charge in [-0.2, -0.15) is 0 Å². The van der Waals surface area contributed by atoms with E-state index in [1.807, 2.05) is 24.3 Å². The summed E-state index contributed by atoms with van der Waals surface area (Å²) in [5, 5.41) is 9.66. The van der Waals surface area contributed by atoms with Gasteiger partial charge >= 0.3 is 0 Å². The maximum absolute atomic E-state index is 11.8. The molecule has 0 aliphatic rings. The first-order valence-electron chi connectivity index (χ1n) is 5.23. The number of hydrogen-bond acceptors (Lipinski definition) is 4. The molecule has 0 fully saturated rings. The molecule has 1 aromatic carbocycles. The van der Waals surface area contributed by atoms with Crippen LogP contribution in [0.4, 0.5) is 0 Å². The number of ketones is 1. The first-order valence-corrected chi connectivity index (χ1v) is 6.05. The Labute approximate surface area is 97.8 Å². The van der Waals surface area contributed by atoms with E-state index in [1.54, 1.807) is 6.92 Å². The van der Waals surface area contributed by atoms with Crippen LogP contribution in [0.15, 0.2) is 24.3 Å². The second-order valence-electron chi connectivity index (χ2n) is 3.80. The van der Waals surface area contributed by atoms with Crippen LogP contribution in [0.25, 0.3) is 10.2 Å². The smallest absolute Gasteiger partial charge is 0.191 e. The fourth-order valence-corrected chi connectivity index (χ4v) is 2.37. The van der Waals surface area contributed by atoms with Gasteiger partial charge in [0, 0.05) is 6.42 Å². The molecule has 3 nitrogen and oxygen atoms in total. The topological polar surface area (TPSA) is 50.2 Å². The summed E-state index contributed by atoms with van der Waals surface area (Å²) in [5.41, 5.74) is 0.868. The molecule has 0 unspecified atom stereocenters. The Hall–Kier alpha value is -1.26. The van der Waals surface area contributed by atoms with Gasteiger partial charge in [-0.3, -0.25) is 4.79 Å². The minimum absolute atomic E-state index is 0.0158. The molecule has 0 aliphatic heterocycles. The van der Waals surface area contributed by atoms with Gasteiger partial charge in [0.05, 0.1) is 16.3 Å². The SMILES string of the molecule is C[C@@H](O)CCC(=O)c1nc2ccccc2s1. The zero-order valence-corrected chi connectivity index (χ0v) is 9.83. The quantitative estimate of drug-likeness (QED) is 0.829. The van der Waals surface area contributed by atoms with Crippen molar-refractivity contribution < 1.29 is 9.90 Å². The Bertz CT molecular complexity index is 471. The molecule has 0 bridgehead atoms. The van der Waals surface area contributed by atoms with Gasteiger partial charge in [-0.25, -0.2) is 4.98 Å². The highest BCUT2D eigenvalue weighted by molar-refractivity contribution is 7.20. The Morgan fingerprint density at radius 3 is 2.94 bits per heavy atom. The largest absolute Gasteiger partial charge is 0.393 e. The monoisotopic (exact) mass is 235 g/mol. The summed E-state index contributed by atoms with van der Waals surface area (Å²) in [6.07, 6.45) is 0.421. The number of fused-ring (bicyclic) bond motifs is 1. The van der Waals surface area contributed by atoms with Crippen molar-refractivity contribution in [2.75, 3.05) is 0 Å². The molecule has 2 rings (SSSR count). The summed E-state index contributed by atoms with van der Waals surface area (Å²) >= 11 is 1.41. The second kappa shape index (κ2) is 4.72. The van der Waals surface area contributed by atoms with E-state index in [-0.39, 0.29) is 5.78 Å². The third kappa shape index (κ3) is 2.46. The fourth-order valence-electron chi connectivity index (χ4n) is 1.44. The molecule has 0 aliphatic carbocycles. The summed E-state index contributed by atoms with van der Waals surface area (Å²) in [6, 6.07) is 7.70. The van der Waals surface area contributed by atoms with E-state index in [0.29, 0.717) is 17.8 Å². The molecular formula is C12H13NO2S. The van der Waals surface area contributed by atoms with E-state index in [4.69, 9.17) is 5.11 Å². The van der Waals surface area contributed by atoms with E-state index in [2.05, 4.69) is 4.98 Å². The number of aromatic nitrogens is 1. The summed E-state index contributed by atoms with van der Waals surface area (Å²) in [7, 11) is 0. The number of aliphatic hydroxyl groups is 1. The first kappa shape index (κ1) is 11.2. The molecule has 0 saturated heterocycles. The Kier molecular flexibility index (Phi) is 3.31. The van der Waals surface area contributed by atoms with E-state index in [0.717, 1.165) is 10.2 Å². The van der Waals surface area contributed by atoms with Crippen LogP contribution in [-0.2, 0) is 0 Å². The van der Waals surface area contributed by atoms with E-state index in [1.165, 1.54) is 11.3 Å². The van der Waals surface area contributed by atoms with E-state index in [9.17, 15) is 4.79 Å². The number of carbonyl (C=O) groups excluding carboxylic acids is 1. The highest BCUT2D eigenvalue weighted by atomic mass is 32.1. The van der Waals surface area contributed by atoms with Gasteiger partial charge in [-0.1, -0.05) is 12.1 Å². The van der Waals surface area contributed by atoms with Crippen LogP contribution in [0.3, 0.4) is 0 Å². The standard InChI is InChI=1S/C12H13NO2S/c1-8(14)6-7-10(15)12-13-9-4-2-3-5-11(9)16-12/h2-5,8,14H,6-7H2,1H3/t8-/m1/s1. The molecular weight excluding hydrogens is 222 g/mol. The number of carbonyl (C=O) groups is 1. The Morgan fingerprint density at radius 1 is 1.50 bits per heavy atom. The molecule has 84 valence electrons. The van der Waals surface area contributed by atoms with Gasteiger partial charge in [-0.15, -0.1) is 11.3 Å². The number of hydrogen-bond donors (Lipinski definition) is 1.